The van der Waals surface area contributed by atoms with Gasteiger partial charge in [0, 0.05) is 12.1 Å². The Morgan fingerprint density at radius 2 is 2.29 bits per heavy atom. The fraction of sp³-hybridized carbons (Fsp3) is 0.273. The molecule has 0 saturated heterocycles. The third-order valence-corrected chi connectivity index (χ3v) is 2.25. The number of rotatable bonds is 5. The average molecular weight is 235 g/mol. The van der Waals surface area contributed by atoms with Crippen molar-refractivity contribution in [2.75, 3.05) is 7.11 Å². The van der Waals surface area contributed by atoms with E-state index in [-0.39, 0.29) is 6.61 Å². The Kier molecular flexibility index (Phi) is 3.56. The van der Waals surface area contributed by atoms with E-state index in [0.29, 0.717) is 18.1 Å². The molecule has 0 bridgehead atoms. The summed E-state index contributed by atoms with van der Waals surface area (Å²) in [7, 11) is 1.61. The van der Waals surface area contributed by atoms with Crippen molar-refractivity contribution in [3.8, 4) is 11.5 Å². The van der Waals surface area contributed by atoms with Crippen LogP contribution in [0.2, 0.25) is 0 Å². The summed E-state index contributed by atoms with van der Waals surface area (Å²) in [5.41, 5.74) is 6.51. The van der Waals surface area contributed by atoms with Gasteiger partial charge in [-0.3, -0.25) is 0 Å². The van der Waals surface area contributed by atoms with E-state index >= 15 is 0 Å². The van der Waals surface area contributed by atoms with Gasteiger partial charge in [0.2, 0.25) is 12.2 Å². The maximum Gasteiger partial charge on any atom is 0.213 e. The summed E-state index contributed by atoms with van der Waals surface area (Å²) in [5, 5.41) is 3.65. The van der Waals surface area contributed by atoms with Crippen LogP contribution in [0, 0.1) is 0 Å². The van der Waals surface area contributed by atoms with E-state index in [0.717, 1.165) is 11.3 Å². The monoisotopic (exact) mass is 235 g/mol. The van der Waals surface area contributed by atoms with Crippen molar-refractivity contribution in [3.63, 3.8) is 0 Å². The zero-order valence-corrected chi connectivity index (χ0v) is 9.42. The zero-order chi connectivity index (χ0) is 12.1. The van der Waals surface area contributed by atoms with Crippen LogP contribution in [0.5, 0.6) is 11.5 Å². The molecule has 90 valence electrons. The molecule has 0 aliphatic carbocycles. The van der Waals surface area contributed by atoms with Gasteiger partial charge < -0.3 is 19.7 Å². The summed E-state index contributed by atoms with van der Waals surface area (Å²) in [6, 6.07) is 5.46. The summed E-state index contributed by atoms with van der Waals surface area (Å²) in [6.07, 6.45) is 1.26. The van der Waals surface area contributed by atoms with Crippen molar-refractivity contribution < 1.29 is 14.0 Å². The largest absolute Gasteiger partial charge is 0.497 e. The fourth-order valence-electron chi connectivity index (χ4n) is 1.38. The second-order valence-electron chi connectivity index (χ2n) is 3.31. The number of nitrogens with two attached hydrogens (primary N) is 1. The van der Waals surface area contributed by atoms with Crippen LogP contribution >= 0.6 is 0 Å². The highest BCUT2D eigenvalue weighted by molar-refractivity contribution is 5.40. The molecular formula is C11H13N3O3. The maximum atomic E-state index is 5.64. The van der Waals surface area contributed by atoms with Crippen molar-refractivity contribution in [2.45, 2.75) is 13.2 Å². The van der Waals surface area contributed by atoms with E-state index in [1.807, 2.05) is 12.1 Å². The van der Waals surface area contributed by atoms with E-state index in [1.54, 1.807) is 13.2 Å². The summed E-state index contributed by atoms with van der Waals surface area (Å²) in [5.74, 6) is 1.93. The number of aromatic nitrogens is 2. The lowest BCUT2D eigenvalue weighted by Crippen LogP contribution is -2.04. The molecule has 17 heavy (non-hydrogen) atoms. The van der Waals surface area contributed by atoms with E-state index in [9.17, 15) is 0 Å². The molecule has 0 atom stereocenters. The molecule has 1 aromatic carbocycles. The van der Waals surface area contributed by atoms with Crippen molar-refractivity contribution in [3.05, 3.63) is 36.0 Å². The highest BCUT2D eigenvalue weighted by atomic mass is 16.5. The molecule has 2 rings (SSSR count). The Hall–Kier alpha value is -2.08. The van der Waals surface area contributed by atoms with Gasteiger partial charge in [-0.05, 0) is 18.2 Å². The van der Waals surface area contributed by atoms with Crippen molar-refractivity contribution in [1.82, 2.24) is 10.1 Å². The predicted molar refractivity (Wildman–Crippen MR) is 59.5 cm³/mol. The number of hydrogen-bond donors (Lipinski definition) is 1. The maximum absolute atomic E-state index is 5.64. The molecule has 0 unspecified atom stereocenters. The molecule has 6 heteroatoms. The first-order valence-corrected chi connectivity index (χ1v) is 5.08. The van der Waals surface area contributed by atoms with Gasteiger partial charge in [-0.15, -0.1) is 0 Å². The molecular weight excluding hydrogens is 222 g/mol. The van der Waals surface area contributed by atoms with Crippen molar-refractivity contribution >= 4 is 0 Å². The smallest absolute Gasteiger partial charge is 0.213 e. The van der Waals surface area contributed by atoms with Gasteiger partial charge in [0.1, 0.15) is 11.5 Å². The lowest BCUT2D eigenvalue weighted by molar-refractivity contribution is 0.283. The van der Waals surface area contributed by atoms with Gasteiger partial charge >= 0.3 is 0 Å². The van der Waals surface area contributed by atoms with E-state index in [2.05, 4.69) is 14.7 Å². The third-order valence-electron chi connectivity index (χ3n) is 2.25. The molecule has 6 nitrogen and oxygen atoms in total. The molecule has 2 aromatic rings. The fourth-order valence-corrected chi connectivity index (χ4v) is 1.38. The van der Waals surface area contributed by atoms with Crippen LogP contribution in [-0.4, -0.2) is 17.3 Å². The molecule has 0 aliphatic heterocycles. The molecule has 0 radical (unpaired) electrons. The Morgan fingerprint density at radius 1 is 1.41 bits per heavy atom. The van der Waals surface area contributed by atoms with Gasteiger partial charge in [-0.2, -0.15) is 4.98 Å². The summed E-state index contributed by atoms with van der Waals surface area (Å²) >= 11 is 0. The van der Waals surface area contributed by atoms with Crippen LogP contribution in [0.4, 0.5) is 0 Å². The first-order valence-electron chi connectivity index (χ1n) is 5.08. The number of benzene rings is 1. The summed E-state index contributed by atoms with van der Waals surface area (Å²) in [4.78, 5) is 3.86. The molecule has 1 heterocycles. The minimum atomic E-state index is 0.246. The van der Waals surface area contributed by atoms with Crippen LogP contribution in [0.3, 0.4) is 0 Å². The van der Waals surface area contributed by atoms with E-state index in [4.69, 9.17) is 15.2 Å². The van der Waals surface area contributed by atoms with Gasteiger partial charge in [0.25, 0.3) is 0 Å². The van der Waals surface area contributed by atoms with Crippen LogP contribution in [0.15, 0.2) is 29.1 Å². The van der Waals surface area contributed by atoms with Crippen LogP contribution in [0.1, 0.15) is 11.4 Å². The number of hydrogen-bond acceptors (Lipinski definition) is 6. The Balaban J connectivity index is 2.09. The number of ether oxygens (including phenoxy) is 2. The first kappa shape index (κ1) is 11.4. The lowest BCUT2D eigenvalue weighted by atomic mass is 10.2. The molecule has 0 fully saturated rings. The summed E-state index contributed by atoms with van der Waals surface area (Å²) < 4.78 is 15.3. The summed E-state index contributed by atoms with van der Waals surface area (Å²) in [6.45, 7) is 0.620. The standard InChI is InChI=1S/C11H13N3O3/c1-15-9-2-3-10(8(4-9)5-12)16-6-11-13-7-17-14-11/h2-4,7H,5-6,12H2,1H3. The molecule has 0 spiro atoms. The minimum absolute atomic E-state index is 0.246. The average Bonchev–Trinajstić information content (AvgIpc) is 2.89. The quantitative estimate of drug-likeness (QED) is 0.835. The Bertz CT molecular complexity index is 471. The number of methoxy groups -OCH3 is 1. The van der Waals surface area contributed by atoms with Crippen molar-refractivity contribution in [1.29, 1.82) is 0 Å². The molecule has 2 N–H and O–H groups in total. The highest BCUT2D eigenvalue weighted by Gasteiger charge is 2.06. The van der Waals surface area contributed by atoms with E-state index in [1.165, 1.54) is 6.39 Å². The number of nitrogens with zero attached hydrogens (tertiary/aromatic N) is 2. The highest BCUT2D eigenvalue weighted by Crippen LogP contribution is 2.24. The Morgan fingerprint density at radius 3 is 2.94 bits per heavy atom. The second kappa shape index (κ2) is 5.31. The van der Waals surface area contributed by atoms with Crippen LogP contribution in [0.25, 0.3) is 0 Å². The van der Waals surface area contributed by atoms with Crippen LogP contribution in [-0.2, 0) is 13.2 Å². The van der Waals surface area contributed by atoms with Crippen LogP contribution < -0.4 is 15.2 Å². The van der Waals surface area contributed by atoms with E-state index < -0.39 is 0 Å². The van der Waals surface area contributed by atoms with Gasteiger partial charge in [-0.25, -0.2) is 0 Å². The first-order chi connectivity index (χ1) is 8.33. The molecule has 1 aromatic heterocycles. The van der Waals surface area contributed by atoms with Gasteiger partial charge in [0.05, 0.1) is 7.11 Å². The minimum Gasteiger partial charge on any atom is -0.497 e. The predicted octanol–water partition coefficient (Wildman–Crippen LogP) is 1.12. The SMILES string of the molecule is COc1ccc(OCc2ncon2)c(CN)c1. The topological polar surface area (TPSA) is 83.4 Å². The van der Waals surface area contributed by atoms with Gasteiger partial charge in [0.15, 0.2) is 6.61 Å². The van der Waals surface area contributed by atoms with Crippen molar-refractivity contribution in [2.24, 2.45) is 5.73 Å². The molecule has 0 saturated carbocycles. The molecule has 0 amide bonds. The Labute approximate surface area is 98.3 Å². The van der Waals surface area contributed by atoms with Gasteiger partial charge in [-0.1, -0.05) is 5.16 Å². The molecule has 0 aliphatic rings. The second-order valence-corrected chi connectivity index (χ2v) is 3.31. The lowest BCUT2D eigenvalue weighted by Gasteiger charge is -2.10. The third kappa shape index (κ3) is 2.73. The zero-order valence-electron chi connectivity index (χ0n) is 9.42. The normalized spacial score (nSPS) is 10.2.